The summed E-state index contributed by atoms with van der Waals surface area (Å²) in [6.45, 7) is 2.17. The van der Waals surface area contributed by atoms with Crippen LogP contribution < -0.4 is 4.72 Å². The van der Waals surface area contributed by atoms with Gasteiger partial charge in [-0.15, -0.1) is 0 Å². The van der Waals surface area contributed by atoms with Crippen molar-refractivity contribution < 1.29 is 16.8 Å². The second-order valence-electron chi connectivity index (χ2n) is 5.63. The van der Waals surface area contributed by atoms with Gasteiger partial charge in [0.15, 0.2) is 9.84 Å². The molecule has 0 bridgehead atoms. The molecule has 0 saturated carbocycles. The molecule has 0 aliphatic carbocycles. The minimum absolute atomic E-state index is 0.100. The molecule has 0 atom stereocenters. The second kappa shape index (κ2) is 7.46. The van der Waals surface area contributed by atoms with E-state index in [1.807, 2.05) is 12.1 Å². The van der Waals surface area contributed by atoms with Crippen molar-refractivity contribution in [3.05, 3.63) is 59.7 Å². The molecule has 0 aromatic heterocycles. The number of hydrogen-bond donors (Lipinski definition) is 1. The van der Waals surface area contributed by atoms with Crippen LogP contribution in [0.2, 0.25) is 0 Å². The zero-order valence-corrected chi connectivity index (χ0v) is 15.3. The van der Waals surface area contributed by atoms with Gasteiger partial charge in [-0.05, 0) is 41.8 Å². The molecule has 2 aromatic rings. The number of sulfone groups is 1. The van der Waals surface area contributed by atoms with Crippen molar-refractivity contribution in [2.24, 2.45) is 0 Å². The zero-order chi connectivity index (χ0) is 17.8. The molecule has 2 rings (SSSR count). The Morgan fingerprint density at radius 3 is 1.79 bits per heavy atom. The van der Waals surface area contributed by atoms with E-state index < -0.39 is 19.9 Å². The van der Waals surface area contributed by atoms with Crippen LogP contribution in [0.3, 0.4) is 0 Å². The minimum Gasteiger partial charge on any atom is -0.224 e. The summed E-state index contributed by atoms with van der Waals surface area (Å²) in [5.41, 5.74) is 1.79. The molecule has 0 radical (unpaired) electrons. The normalized spacial score (nSPS) is 12.2. The molecular weight excluding hydrogens is 346 g/mol. The van der Waals surface area contributed by atoms with E-state index in [-0.39, 0.29) is 16.3 Å². The Morgan fingerprint density at radius 1 is 0.792 bits per heavy atom. The Kier molecular flexibility index (Phi) is 5.79. The molecule has 1 N–H and O–H groups in total. The van der Waals surface area contributed by atoms with Crippen molar-refractivity contribution in [2.75, 3.05) is 6.26 Å². The summed E-state index contributed by atoms with van der Waals surface area (Å²) < 4.78 is 49.9. The fourth-order valence-electron chi connectivity index (χ4n) is 2.24. The Hall–Kier alpha value is -1.70. The number of sulfonamides is 1. The maximum Gasteiger partial charge on any atom is 0.240 e. The summed E-state index contributed by atoms with van der Waals surface area (Å²) >= 11 is 0. The third-order valence-electron chi connectivity index (χ3n) is 3.59. The van der Waals surface area contributed by atoms with Crippen LogP contribution in [0.15, 0.2) is 58.3 Å². The molecule has 0 unspecified atom stereocenters. The molecule has 24 heavy (non-hydrogen) atoms. The van der Waals surface area contributed by atoms with Crippen LogP contribution >= 0.6 is 0 Å². The highest BCUT2D eigenvalue weighted by atomic mass is 32.2. The van der Waals surface area contributed by atoms with E-state index in [2.05, 4.69) is 11.6 Å². The van der Waals surface area contributed by atoms with Gasteiger partial charge in [-0.1, -0.05) is 37.6 Å². The van der Waals surface area contributed by atoms with Crippen molar-refractivity contribution in [1.82, 2.24) is 4.72 Å². The first kappa shape index (κ1) is 18.6. The van der Waals surface area contributed by atoms with E-state index in [9.17, 15) is 16.8 Å². The smallest absolute Gasteiger partial charge is 0.224 e. The van der Waals surface area contributed by atoms with Crippen molar-refractivity contribution in [1.29, 1.82) is 0 Å². The quantitative estimate of drug-likeness (QED) is 0.815. The molecule has 7 heteroatoms. The highest BCUT2D eigenvalue weighted by Gasteiger charge is 2.14. The lowest BCUT2D eigenvalue weighted by Crippen LogP contribution is -2.23. The third-order valence-corrected chi connectivity index (χ3v) is 6.14. The molecule has 0 saturated heterocycles. The van der Waals surface area contributed by atoms with Crippen LogP contribution in [0.4, 0.5) is 0 Å². The van der Waals surface area contributed by atoms with Gasteiger partial charge in [0.25, 0.3) is 0 Å². The summed E-state index contributed by atoms with van der Waals surface area (Å²) in [4.78, 5) is 0.427. The van der Waals surface area contributed by atoms with Gasteiger partial charge in [0.1, 0.15) is 0 Å². The fourth-order valence-corrected chi connectivity index (χ4v) is 3.89. The van der Waals surface area contributed by atoms with Gasteiger partial charge >= 0.3 is 0 Å². The van der Waals surface area contributed by atoms with Crippen LogP contribution in [-0.4, -0.2) is 23.1 Å². The van der Waals surface area contributed by atoms with Gasteiger partial charge in [0, 0.05) is 12.8 Å². The topological polar surface area (TPSA) is 80.3 Å². The van der Waals surface area contributed by atoms with Gasteiger partial charge in [-0.2, -0.15) is 0 Å². The molecule has 0 fully saturated rings. The van der Waals surface area contributed by atoms with Crippen LogP contribution in [0.5, 0.6) is 0 Å². The maximum absolute atomic E-state index is 12.3. The molecule has 130 valence electrons. The average molecular weight is 367 g/mol. The highest BCUT2D eigenvalue weighted by molar-refractivity contribution is 7.90. The first-order valence-electron chi connectivity index (χ1n) is 7.60. The number of nitrogens with one attached hydrogen (secondary N) is 1. The fraction of sp³-hybridized carbons (Fsp3) is 0.294. The van der Waals surface area contributed by atoms with Crippen molar-refractivity contribution in [3.63, 3.8) is 0 Å². The van der Waals surface area contributed by atoms with Crippen LogP contribution in [0.1, 0.15) is 24.5 Å². The number of hydrogen-bond acceptors (Lipinski definition) is 4. The zero-order valence-electron chi connectivity index (χ0n) is 13.7. The van der Waals surface area contributed by atoms with Gasteiger partial charge in [-0.3, -0.25) is 0 Å². The predicted octanol–water partition coefficient (Wildman–Crippen LogP) is 2.52. The molecule has 0 aliphatic heterocycles. The lowest BCUT2D eigenvalue weighted by molar-refractivity contribution is 0.581. The largest absolute Gasteiger partial charge is 0.240 e. The van der Waals surface area contributed by atoms with E-state index in [0.717, 1.165) is 24.7 Å². The SMILES string of the molecule is CCCc1ccc(S(=O)(=O)NCc2ccc(S(C)(=O)=O)cc2)cc1. The van der Waals surface area contributed by atoms with E-state index in [0.29, 0.717) is 5.56 Å². The maximum atomic E-state index is 12.3. The van der Waals surface area contributed by atoms with E-state index in [1.54, 1.807) is 24.3 Å². The summed E-state index contributed by atoms with van der Waals surface area (Å²) in [7, 11) is -6.85. The van der Waals surface area contributed by atoms with Crippen LogP contribution in [0.25, 0.3) is 0 Å². The van der Waals surface area contributed by atoms with E-state index >= 15 is 0 Å². The Morgan fingerprint density at radius 2 is 1.29 bits per heavy atom. The predicted molar refractivity (Wildman–Crippen MR) is 94.0 cm³/mol. The second-order valence-corrected chi connectivity index (χ2v) is 9.42. The molecular formula is C17H21NO4S2. The monoisotopic (exact) mass is 367 g/mol. The minimum atomic E-state index is -3.60. The Bertz CT molecular complexity index is 885. The van der Waals surface area contributed by atoms with Crippen LogP contribution in [-0.2, 0) is 32.8 Å². The van der Waals surface area contributed by atoms with Crippen molar-refractivity contribution in [2.45, 2.75) is 36.1 Å². The first-order chi connectivity index (χ1) is 11.2. The van der Waals surface area contributed by atoms with E-state index in [1.165, 1.54) is 12.1 Å². The molecule has 0 amide bonds. The highest BCUT2D eigenvalue weighted by Crippen LogP contribution is 2.14. The van der Waals surface area contributed by atoms with Gasteiger partial charge in [-0.25, -0.2) is 21.6 Å². The molecule has 0 aliphatic rings. The molecule has 0 heterocycles. The van der Waals surface area contributed by atoms with E-state index in [4.69, 9.17) is 0 Å². The van der Waals surface area contributed by atoms with Crippen molar-refractivity contribution in [3.8, 4) is 0 Å². The Balaban J connectivity index is 2.07. The standard InChI is InChI=1S/C17H21NO4S2/c1-3-4-14-5-11-17(12-6-14)24(21,22)18-13-15-7-9-16(10-8-15)23(2,19)20/h5-12,18H,3-4,13H2,1-2H3. The summed E-state index contributed by atoms with van der Waals surface area (Å²) in [6, 6.07) is 13.0. The summed E-state index contributed by atoms with van der Waals surface area (Å²) in [6.07, 6.45) is 3.06. The first-order valence-corrected chi connectivity index (χ1v) is 11.0. The summed E-state index contributed by atoms with van der Waals surface area (Å²) in [5.74, 6) is 0. The van der Waals surface area contributed by atoms with Crippen molar-refractivity contribution >= 4 is 19.9 Å². The third kappa shape index (κ3) is 4.90. The number of rotatable bonds is 7. The lowest BCUT2D eigenvalue weighted by Gasteiger charge is -2.08. The molecule has 5 nitrogen and oxygen atoms in total. The van der Waals surface area contributed by atoms with Crippen LogP contribution in [0, 0.1) is 0 Å². The Labute approximate surface area is 143 Å². The number of benzene rings is 2. The molecule has 2 aromatic carbocycles. The molecule has 0 spiro atoms. The van der Waals surface area contributed by atoms with Gasteiger partial charge < -0.3 is 0 Å². The average Bonchev–Trinajstić information content (AvgIpc) is 2.53. The van der Waals surface area contributed by atoms with Gasteiger partial charge in [0.2, 0.25) is 10.0 Å². The lowest BCUT2D eigenvalue weighted by atomic mass is 10.1. The van der Waals surface area contributed by atoms with Gasteiger partial charge in [0.05, 0.1) is 9.79 Å². The number of aryl methyl sites for hydroxylation is 1. The summed E-state index contributed by atoms with van der Waals surface area (Å²) in [5, 5.41) is 0.